The molecule has 4 heterocycles. The van der Waals surface area contributed by atoms with Gasteiger partial charge in [-0.1, -0.05) is 237 Å². The van der Waals surface area contributed by atoms with Crippen LogP contribution in [0.25, 0.3) is 0 Å². The van der Waals surface area contributed by atoms with E-state index in [0.717, 1.165) is 0 Å². The molecule has 4 saturated heterocycles. The maximum absolute atomic E-state index is 15.8. The van der Waals surface area contributed by atoms with Crippen LogP contribution in [0.4, 0.5) is 0 Å². The number of carbonyl (C=O) groups excluding carboxylic acids is 13. The van der Waals surface area contributed by atoms with Gasteiger partial charge in [0.05, 0.1) is 85.5 Å². The summed E-state index contributed by atoms with van der Waals surface area (Å²) >= 11 is 0. The fraction of sp³-hybridized carbons (Fsp3) is 0.209. The molecule has 0 aromatic heterocycles. The van der Waals surface area contributed by atoms with Gasteiger partial charge in [0.15, 0.2) is 98.4 Å². The van der Waals surface area contributed by atoms with E-state index in [9.17, 15) is 29.1 Å². The highest BCUT2D eigenvalue weighted by Crippen LogP contribution is 2.41. The van der Waals surface area contributed by atoms with E-state index in [1.807, 2.05) is 0 Å². The highest BCUT2D eigenvalue weighted by Gasteiger charge is 2.62. The number of aliphatic hydroxyl groups is 1. The monoisotopic (exact) mass is 2020 g/mol. The van der Waals surface area contributed by atoms with E-state index in [4.69, 9.17) is 94.7 Å². The Labute approximate surface area is 851 Å². The van der Waals surface area contributed by atoms with Crippen LogP contribution in [0.15, 0.2) is 394 Å². The molecule has 4 fully saturated rings. The Balaban J connectivity index is 0.848. The molecule has 0 unspecified atom stereocenters. The molecule has 149 heavy (non-hydrogen) atoms. The Morgan fingerprint density at radius 3 is 0.550 bits per heavy atom. The van der Waals surface area contributed by atoms with Crippen molar-refractivity contribution in [2.24, 2.45) is 0 Å². The lowest BCUT2D eigenvalue weighted by atomic mass is 9.95. The highest BCUT2D eigenvalue weighted by molar-refractivity contribution is 5.96. The van der Waals surface area contributed by atoms with Crippen LogP contribution in [0.2, 0.25) is 0 Å². The number of hydrogen-bond acceptors (Lipinski definition) is 34. The van der Waals surface area contributed by atoms with Crippen molar-refractivity contribution >= 4 is 77.6 Å². The zero-order valence-electron chi connectivity index (χ0n) is 78.8. The van der Waals surface area contributed by atoms with Gasteiger partial charge < -0.3 is 99.8 Å². The molecule has 34 heteroatoms. The lowest BCUT2D eigenvalue weighted by Crippen LogP contribution is -2.68. The number of esters is 13. The third-order valence-corrected chi connectivity index (χ3v) is 24.1. The van der Waals surface area contributed by atoms with Crippen molar-refractivity contribution in [3.8, 4) is 0 Å². The summed E-state index contributed by atoms with van der Waals surface area (Å²) in [5.74, 6) is -14.8. The van der Waals surface area contributed by atoms with Gasteiger partial charge in [-0.05, 0) is 158 Å². The minimum Gasteiger partial charge on any atom is -0.459 e. The predicted octanol–water partition coefficient (Wildman–Crippen LogP) is 14.5. The minimum atomic E-state index is -2.46. The SMILES string of the molecule is O=C(OC[C@H]1O[C@H](O[C@@H]2[C@@H](OC[C@H]3O[C@H](OC[C@H]4O[C@H](O)[C@@H](OC(=O)c5ccccc5)[C@@H](OC(=O)c5ccccc5)[C@@H]4OC(=O)c4ccccc4)[C@@H](OC(=O)c4ccccc4)[C@@H](OC(=O)c4ccccc4)[C@@H]3OC(=O)c3ccccc3)O[C@H](COC(=O)c3ccccc3)[C@@H](OC(=O)c3ccccc3)[C@@H]2OC(=O)c2ccccc2)[C@@H](OC(=O)c2ccccc2)[C@@H](OC(=O)c2ccccc2)[C@@H]1OC(=O)c1ccccc1)c1ccccc1. The van der Waals surface area contributed by atoms with E-state index in [1.165, 1.54) is 303 Å². The summed E-state index contributed by atoms with van der Waals surface area (Å²) in [5, 5.41) is 12.6. The molecule has 0 saturated carbocycles. The Kier molecular flexibility index (Phi) is 34.6. The first-order chi connectivity index (χ1) is 72.7. The summed E-state index contributed by atoms with van der Waals surface area (Å²) in [6, 6.07) is 95.8. The van der Waals surface area contributed by atoms with Crippen LogP contribution in [0, 0.1) is 0 Å². The summed E-state index contributed by atoms with van der Waals surface area (Å²) in [5.41, 5.74) is -1.51. The second-order valence-corrected chi connectivity index (χ2v) is 34.0. The zero-order chi connectivity index (χ0) is 103. The first kappa shape index (κ1) is 103. The molecule has 0 aliphatic carbocycles. The van der Waals surface area contributed by atoms with E-state index >= 15 is 38.4 Å². The van der Waals surface area contributed by atoms with E-state index in [-0.39, 0.29) is 72.3 Å². The number of aliphatic hydroxyl groups excluding tert-OH is 1. The number of rotatable bonds is 36. The predicted molar refractivity (Wildman–Crippen MR) is 519 cm³/mol. The standard InChI is InChI=1S/C115H94O34/c116-99(70-40-14-1-15-41-70)130-66-84-88(139-102(119)73-46-20-4-21-47-73)93(144-107(124)78-56-30-9-31-57-78)97(149-115-98(148-111(128)82-64-38-13-39-65-82)94(145-108(125)79-58-32-10-33-59-79)89(140-103(120)74-48-22-5-23-49-74)85(137-115)67-131-100(117)71-42-16-2-17-43-71)114(135-84)133-69-86-90(141-104(121)75-50-24-6-25-51-75)92(143-106(123)77-54-28-8-29-55-77)96(147-110(127)81-62-36-12-37-63-81)113(136-86)132-68-83-87(138-101(118)72-44-18-3-19-45-72)91(142-105(122)76-52-26-7-27-53-76)95(112(129)134-83)146-109(126)80-60-34-11-35-61-80/h1-65,83-98,112-115,129H,66-69H2/t83-,84-,85-,86-,87-,88-,89-,90-,91+,92+,93+,94+,95+,96+,97+,98+,112+,113+,114+,115-/m1/s1. The average molecular weight is 2020 g/mol. The van der Waals surface area contributed by atoms with Gasteiger partial charge in [0.1, 0.15) is 37.6 Å². The maximum atomic E-state index is 15.8. The Morgan fingerprint density at radius 2 is 0.322 bits per heavy atom. The molecule has 1 N–H and O–H groups in total. The van der Waals surface area contributed by atoms with Crippen molar-refractivity contribution in [3.05, 3.63) is 467 Å². The van der Waals surface area contributed by atoms with Crippen molar-refractivity contribution < 1.29 is 162 Å². The molecule has 0 spiro atoms. The number of benzene rings is 13. The Hall–Kier alpha value is -17.4. The van der Waals surface area contributed by atoms with Crippen LogP contribution >= 0.6 is 0 Å². The van der Waals surface area contributed by atoms with Gasteiger partial charge in [-0.15, -0.1) is 0 Å². The van der Waals surface area contributed by atoms with Crippen molar-refractivity contribution in [3.63, 3.8) is 0 Å². The molecule has 4 aliphatic rings. The normalized spacial score (nSPS) is 23.2. The third kappa shape index (κ3) is 26.3. The van der Waals surface area contributed by atoms with Crippen LogP contribution in [0.5, 0.6) is 0 Å². The Morgan fingerprint density at radius 1 is 0.168 bits per heavy atom. The zero-order valence-corrected chi connectivity index (χ0v) is 78.8. The Bertz CT molecular complexity index is 6720. The topological polar surface area (TPSA) is 427 Å². The summed E-state index contributed by atoms with van der Waals surface area (Å²) in [4.78, 5) is 197. The molecular weight excluding hydrogens is 1930 g/mol. The van der Waals surface area contributed by atoms with Gasteiger partial charge in [-0.2, -0.15) is 0 Å². The van der Waals surface area contributed by atoms with Gasteiger partial charge in [0.2, 0.25) is 0 Å². The van der Waals surface area contributed by atoms with Gasteiger partial charge in [0.25, 0.3) is 0 Å². The molecule has 4 aliphatic heterocycles. The van der Waals surface area contributed by atoms with Gasteiger partial charge in [-0.25, -0.2) is 62.3 Å². The summed E-state index contributed by atoms with van der Waals surface area (Å²) < 4.78 is 133. The summed E-state index contributed by atoms with van der Waals surface area (Å²) in [6.07, 6.45) is -44.2. The van der Waals surface area contributed by atoms with Crippen LogP contribution in [0.3, 0.4) is 0 Å². The second-order valence-electron chi connectivity index (χ2n) is 34.0. The first-order valence-corrected chi connectivity index (χ1v) is 47.2. The fourth-order valence-electron chi connectivity index (χ4n) is 16.7. The highest BCUT2D eigenvalue weighted by atomic mass is 16.8. The lowest BCUT2D eigenvalue weighted by molar-refractivity contribution is -0.371. The largest absolute Gasteiger partial charge is 0.459 e. The summed E-state index contributed by atoms with van der Waals surface area (Å²) in [6.45, 7) is -4.27. The van der Waals surface area contributed by atoms with E-state index in [1.54, 1.807) is 91.0 Å². The smallest absolute Gasteiger partial charge is 0.338 e. The molecular formula is C115H94O34. The molecule has 20 atom stereocenters. The van der Waals surface area contributed by atoms with Gasteiger partial charge >= 0.3 is 77.6 Å². The first-order valence-electron chi connectivity index (χ1n) is 47.2. The summed E-state index contributed by atoms with van der Waals surface area (Å²) in [7, 11) is 0. The fourth-order valence-corrected chi connectivity index (χ4v) is 16.7. The van der Waals surface area contributed by atoms with Crippen molar-refractivity contribution in [2.45, 2.75) is 123 Å². The minimum absolute atomic E-state index is 0.0104. The van der Waals surface area contributed by atoms with Crippen LogP contribution in [0.1, 0.15) is 135 Å². The number of carbonyl (C=O) groups is 13. The van der Waals surface area contributed by atoms with Crippen molar-refractivity contribution in [1.29, 1.82) is 0 Å². The molecule has 13 aromatic carbocycles. The lowest BCUT2D eigenvalue weighted by Gasteiger charge is -2.49. The molecule has 13 aromatic rings. The third-order valence-electron chi connectivity index (χ3n) is 24.1. The second kappa shape index (κ2) is 50.0. The van der Waals surface area contributed by atoms with E-state index in [0.29, 0.717) is 0 Å². The number of hydrogen-bond donors (Lipinski definition) is 1. The quantitative estimate of drug-likeness (QED) is 0.0281. The maximum Gasteiger partial charge on any atom is 0.338 e. The molecule has 758 valence electrons. The average Bonchev–Trinajstić information content (AvgIpc) is 0.679. The van der Waals surface area contributed by atoms with E-state index < -0.39 is 227 Å². The van der Waals surface area contributed by atoms with Crippen molar-refractivity contribution in [1.82, 2.24) is 0 Å². The molecule has 0 amide bonds. The molecule has 17 rings (SSSR count). The van der Waals surface area contributed by atoms with Crippen LogP contribution < -0.4 is 0 Å². The van der Waals surface area contributed by atoms with Crippen molar-refractivity contribution in [2.75, 3.05) is 26.4 Å². The van der Waals surface area contributed by atoms with Gasteiger partial charge in [-0.3, -0.25) is 0 Å². The number of ether oxygens (including phenoxy) is 20. The molecule has 0 radical (unpaired) electrons. The van der Waals surface area contributed by atoms with Crippen LogP contribution in [-0.2, 0) is 94.7 Å². The molecule has 0 bridgehead atoms. The molecule has 34 nitrogen and oxygen atoms in total. The van der Waals surface area contributed by atoms with Crippen LogP contribution in [-0.4, -0.2) is 232 Å². The van der Waals surface area contributed by atoms with Gasteiger partial charge in [0, 0.05) is 0 Å². The van der Waals surface area contributed by atoms with E-state index in [2.05, 4.69) is 0 Å².